The van der Waals surface area contributed by atoms with Crippen molar-refractivity contribution < 1.29 is 14.3 Å². The summed E-state index contributed by atoms with van der Waals surface area (Å²) in [5.74, 6) is -0.384. The minimum Gasteiger partial charge on any atom is -0.381 e. The minimum atomic E-state index is -0.202. The van der Waals surface area contributed by atoms with Gasteiger partial charge >= 0.3 is 0 Å². The van der Waals surface area contributed by atoms with E-state index in [9.17, 15) is 9.59 Å². The van der Waals surface area contributed by atoms with Gasteiger partial charge in [0.05, 0.1) is 23.8 Å². The Balaban J connectivity index is 1.94. The van der Waals surface area contributed by atoms with E-state index in [-0.39, 0.29) is 24.3 Å². The summed E-state index contributed by atoms with van der Waals surface area (Å²) in [6, 6.07) is 17.0. The van der Waals surface area contributed by atoms with Gasteiger partial charge in [0, 0.05) is 13.7 Å². The molecule has 2 aromatic carbocycles. The van der Waals surface area contributed by atoms with Gasteiger partial charge in [-0.25, -0.2) is 0 Å². The zero-order valence-electron chi connectivity index (χ0n) is 14.6. The molecule has 0 unspecified atom stereocenters. The molecule has 5 heteroatoms. The fourth-order valence-electron chi connectivity index (χ4n) is 2.40. The van der Waals surface area contributed by atoms with E-state index in [0.29, 0.717) is 17.8 Å². The van der Waals surface area contributed by atoms with Gasteiger partial charge in [0.25, 0.3) is 5.91 Å². The molecule has 132 valence electrons. The van der Waals surface area contributed by atoms with Crippen molar-refractivity contribution in [3.63, 3.8) is 0 Å². The Morgan fingerprint density at radius 3 is 2.44 bits per heavy atom. The number of rotatable bonds is 8. The van der Waals surface area contributed by atoms with Gasteiger partial charge in [-0.2, -0.15) is 0 Å². The van der Waals surface area contributed by atoms with Crippen LogP contribution in [0.4, 0.5) is 5.69 Å². The number of carbonyl (C=O) groups excluding carboxylic acids is 2. The molecule has 0 aliphatic carbocycles. The first kappa shape index (κ1) is 18.7. The van der Waals surface area contributed by atoms with Gasteiger partial charge in [0.15, 0.2) is 0 Å². The van der Waals surface area contributed by atoms with Crippen molar-refractivity contribution in [1.29, 1.82) is 0 Å². The van der Waals surface area contributed by atoms with Gasteiger partial charge in [0.1, 0.15) is 0 Å². The van der Waals surface area contributed by atoms with Gasteiger partial charge in [0.2, 0.25) is 5.91 Å². The quantitative estimate of drug-likeness (QED) is 0.776. The second-order valence-corrected chi connectivity index (χ2v) is 5.84. The van der Waals surface area contributed by atoms with Crippen LogP contribution in [-0.2, 0) is 16.0 Å². The monoisotopic (exact) mass is 340 g/mol. The van der Waals surface area contributed by atoms with Crippen LogP contribution in [0.1, 0.15) is 29.3 Å². The molecule has 25 heavy (non-hydrogen) atoms. The van der Waals surface area contributed by atoms with Gasteiger partial charge < -0.3 is 15.4 Å². The van der Waals surface area contributed by atoms with Gasteiger partial charge in [-0.05, 0) is 31.0 Å². The maximum atomic E-state index is 12.4. The smallest absolute Gasteiger partial charge is 0.253 e. The molecular weight excluding hydrogens is 316 g/mol. The highest BCUT2D eigenvalue weighted by Crippen LogP contribution is 2.15. The Morgan fingerprint density at radius 2 is 1.72 bits per heavy atom. The molecule has 0 saturated carbocycles. The number of carbonyl (C=O) groups is 2. The zero-order chi connectivity index (χ0) is 18.1. The lowest BCUT2D eigenvalue weighted by molar-refractivity contribution is -0.118. The summed E-state index contributed by atoms with van der Waals surface area (Å²) in [6.07, 6.45) is 0.819. The summed E-state index contributed by atoms with van der Waals surface area (Å²) in [4.78, 5) is 24.5. The lowest BCUT2D eigenvalue weighted by Gasteiger charge is -2.13. The highest BCUT2D eigenvalue weighted by atomic mass is 16.5. The second-order valence-electron chi connectivity index (χ2n) is 5.84. The molecule has 0 aromatic heterocycles. The molecule has 2 aromatic rings. The van der Waals surface area contributed by atoms with Crippen molar-refractivity contribution in [1.82, 2.24) is 5.32 Å². The highest BCUT2D eigenvalue weighted by molar-refractivity contribution is 6.03. The Kier molecular flexibility index (Phi) is 7.16. The SMILES string of the molecule is CO[C@@H](C)CC(=O)Nc1ccccc1C(=O)NCCc1ccccc1. The van der Waals surface area contributed by atoms with E-state index in [2.05, 4.69) is 10.6 Å². The standard InChI is InChI=1S/C20H24N2O3/c1-15(25-2)14-19(23)22-18-11-7-6-10-17(18)20(24)21-13-12-16-8-4-3-5-9-16/h3-11,15H,12-14H2,1-2H3,(H,21,24)(H,22,23)/t15-/m0/s1. The number of anilines is 1. The third-order valence-corrected chi connectivity index (χ3v) is 3.86. The summed E-state index contributed by atoms with van der Waals surface area (Å²) in [5, 5.41) is 5.68. The molecule has 2 amide bonds. The summed E-state index contributed by atoms with van der Waals surface area (Å²) in [7, 11) is 1.56. The van der Waals surface area contributed by atoms with Crippen LogP contribution in [0.25, 0.3) is 0 Å². The molecular formula is C20H24N2O3. The van der Waals surface area contributed by atoms with Crippen LogP contribution in [0.15, 0.2) is 54.6 Å². The minimum absolute atomic E-state index is 0.174. The number of benzene rings is 2. The highest BCUT2D eigenvalue weighted by Gasteiger charge is 2.14. The van der Waals surface area contributed by atoms with Crippen molar-refractivity contribution in [3.05, 3.63) is 65.7 Å². The van der Waals surface area contributed by atoms with Crippen molar-refractivity contribution >= 4 is 17.5 Å². The molecule has 0 aliphatic rings. The summed E-state index contributed by atoms with van der Waals surface area (Å²) in [5.41, 5.74) is 2.12. The Labute approximate surface area is 148 Å². The molecule has 0 saturated heterocycles. The Morgan fingerprint density at radius 1 is 1.04 bits per heavy atom. The number of amides is 2. The van der Waals surface area contributed by atoms with E-state index in [1.807, 2.05) is 37.3 Å². The van der Waals surface area contributed by atoms with Crippen molar-refractivity contribution in [3.8, 4) is 0 Å². The number of hydrogen-bond donors (Lipinski definition) is 2. The fraction of sp³-hybridized carbons (Fsp3) is 0.300. The largest absolute Gasteiger partial charge is 0.381 e. The van der Waals surface area contributed by atoms with E-state index in [0.717, 1.165) is 12.0 Å². The molecule has 2 rings (SSSR count). The van der Waals surface area contributed by atoms with Gasteiger partial charge in [-0.1, -0.05) is 42.5 Å². The maximum Gasteiger partial charge on any atom is 0.253 e. The van der Waals surface area contributed by atoms with Crippen LogP contribution >= 0.6 is 0 Å². The summed E-state index contributed by atoms with van der Waals surface area (Å²) >= 11 is 0. The molecule has 0 radical (unpaired) electrons. The number of nitrogens with one attached hydrogen (secondary N) is 2. The predicted octanol–water partition coefficient (Wildman–Crippen LogP) is 3.02. The van der Waals surface area contributed by atoms with E-state index >= 15 is 0 Å². The molecule has 2 N–H and O–H groups in total. The van der Waals surface area contributed by atoms with Gasteiger partial charge in [-0.3, -0.25) is 9.59 Å². The number of methoxy groups -OCH3 is 1. The third-order valence-electron chi connectivity index (χ3n) is 3.86. The molecule has 0 heterocycles. The van der Waals surface area contributed by atoms with Crippen LogP contribution in [0.5, 0.6) is 0 Å². The van der Waals surface area contributed by atoms with Crippen LogP contribution in [0.3, 0.4) is 0 Å². The lowest BCUT2D eigenvalue weighted by atomic mass is 10.1. The number of para-hydroxylation sites is 1. The van der Waals surface area contributed by atoms with Crippen molar-refractivity contribution in [2.24, 2.45) is 0 Å². The van der Waals surface area contributed by atoms with Crippen molar-refractivity contribution in [2.45, 2.75) is 25.9 Å². The normalized spacial score (nSPS) is 11.6. The second kappa shape index (κ2) is 9.59. The average Bonchev–Trinajstić information content (AvgIpc) is 2.62. The molecule has 0 spiro atoms. The average molecular weight is 340 g/mol. The molecule has 0 fully saturated rings. The zero-order valence-corrected chi connectivity index (χ0v) is 14.6. The first-order chi connectivity index (χ1) is 12.1. The molecule has 5 nitrogen and oxygen atoms in total. The summed E-state index contributed by atoms with van der Waals surface area (Å²) < 4.78 is 5.09. The van der Waals surface area contributed by atoms with Crippen LogP contribution in [-0.4, -0.2) is 31.6 Å². The van der Waals surface area contributed by atoms with Crippen molar-refractivity contribution in [2.75, 3.05) is 19.0 Å². The number of ether oxygens (including phenoxy) is 1. The Bertz CT molecular complexity index is 701. The maximum absolute atomic E-state index is 12.4. The Hall–Kier alpha value is -2.66. The molecule has 0 aliphatic heterocycles. The first-order valence-electron chi connectivity index (χ1n) is 8.34. The molecule has 1 atom stereocenters. The fourth-order valence-corrected chi connectivity index (χ4v) is 2.40. The van der Waals surface area contributed by atoms with Crippen LogP contribution in [0.2, 0.25) is 0 Å². The summed E-state index contributed by atoms with van der Waals surface area (Å²) in [6.45, 7) is 2.35. The first-order valence-corrected chi connectivity index (χ1v) is 8.34. The van der Waals surface area contributed by atoms with E-state index in [1.54, 1.807) is 31.4 Å². The van der Waals surface area contributed by atoms with E-state index in [4.69, 9.17) is 4.74 Å². The van der Waals surface area contributed by atoms with E-state index in [1.165, 1.54) is 0 Å². The van der Waals surface area contributed by atoms with Gasteiger partial charge in [-0.15, -0.1) is 0 Å². The third kappa shape index (κ3) is 6.04. The topological polar surface area (TPSA) is 67.4 Å². The van der Waals surface area contributed by atoms with Crippen LogP contribution in [0, 0.1) is 0 Å². The predicted molar refractivity (Wildman–Crippen MR) is 98.6 cm³/mol. The number of hydrogen-bond acceptors (Lipinski definition) is 3. The molecule has 0 bridgehead atoms. The van der Waals surface area contributed by atoms with Crippen LogP contribution < -0.4 is 10.6 Å². The lowest BCUT2D eigenvalue weighted by Crippen LogP contribution is -2.27. The van der Waals surface area contributed by atoms with E-state index < -0.39 is 0 Å².